The van der Waals surface area contributed by atoms with E-state index in [1.807, 2.05) is 6.07 Å². The van der Waals surface area contributed by atoms with Crippen molar-refractivity contribution < 1.29 is 18.3 Å². The van der Waals surface area contributed by atoms with E-state index in [4.69, 9.17) is 0 Å². The fraction of sp³-hybridized carbons (Fsp3) is 0.150. The van der Waals surface area contributed by atoms with Crippen molar-refractivity contribution >= 4 is 11.0 Å². The third kappa shape index (κ3) is 3.64. The number of aliphatic hydroxyl groups is 1. The summed E-state index contributed by atoms with van der Waals surface area (Å²) in [5.74, 6) is 0. The van der Waals surface area contributed by atoms with Gasteiger partial charge in [-0.3, -0.25) is 9.36 Å². The van der Waals surface area contributed by atoms with Crippen LogP contribution in [0.15, 0.2) is 71.9 Å². The Balaban J connectivity index is 1.71. The van der Waals surface area contributed by atoms with Crippen LogP contribution in [0, 0.1) is 0 Å². The summed E-state index contributed by atoms with van der Waals surface area (Å²) >= 11 is 0. The number of fused-ring (bicyclic) bond motifs is 1. The number of rotatable bonds is 4. The molecule has 6 nitrogen and oxygen atoms in total. The van der Waals surface area contributed by atoms with Crippen LogP contribution in [0.4, 0.5) is 13.2 Å². The van der Waals surface area contributed by atoms with Crippen molar-refractivity contribution in [3.05, 3.63) is 88.6 Å². The maximum atomic E-state index is 13.0. The molecule has 0 fully saturated rings. The Hall–Kier alpha value is -3.46. The summed E-state index contributed by atoms with van der Waals surface area (Å²) in [6.07, 6.45) is -2.89. The molecule has 4 aromatic rings. The van der Waals surface area contributed by atoms with Crippen LogP contribution in [0.5, 0.6) is 0 Å². The van der Waals surface area contributed by atoms with Gasteiger partial charge in [0.1, 0.15) is 11.7 Å². The van der Waals surface area contributed by atoms with Crippen molar-refractivity contribution in [2.24, 2.45) is 0 Å². The van der Waals surface area contributed by atoms with Crippen molar-refractivity contribution in [2.45, 2.75) is 18.8 Å². The minimum atomic E-state index is -4.49. The third-order valence-electron chi connectivity index (χ3n) is 4.53. The van der Waals surface area contributed by atoms with E-state index in [9.17, 15) is 23.1 Å². The molecule has 9 heteroatoms. The van der Waals surface area contributed by atoms with Crippen LogP contribution in [0.2, 0.25) is 0 Å². The number of benzene rings is 2. The Kier molecular flexibility index (Phi) is 4.67. The molecule has 0 radical (unpaired) electrons. The van der Waals surface area contributed by atoms with Crippen LogP contribution in [0.25, 0.3) is 16.7 Å². The standard InChI is InChI=1S/C20H15F3N4O2/c21-20(22,23)14-7-4-8-15(9-14)27-18-16(10-25-27)19(29)26(12-24-18)11-17(28)13-5-2-1-3-6-13/h1-10,12,17,28H,11H2. The second-order valence-electron chi connectivity index (χ2n) is 6.47. The van der Waals surface area contributed by atoms with Crippen LogP contribution in [-0.4, -0.2) is 24.4 Å². The Morgan fingerprint density at radius 2 is 1.83 bits per heavy atom. The largest absolute Gasteiger partial charge is 0.416 e. The number of aliphatic hydroxyl groups excluding tert-OH is 1. The van der Waals surface area contributed by atoms with Crippen LogP contribution < -0.4 is 5.56 Å². The Morgan fingerprint density at radius 1 is 1.07 bits per heavy atom. The van der Waals surface area contributed by atoms with Gasteiger partial charge in [-0.05, 0) is 23.8 Å². The zero-order chi connectivity index (χ0) is 20.6. The van der Waals surface area contributed by atoms with Gasteiger partial charge in [0.2, 0.25) is 0 Å². The number of alkyl halides is 3. The van der Waals surface area contributed by atoms with Crippen LogP contribution in [0.1, 0.15) is 17.2 Å². The number of hydrogen-bond donors (Lipinski definition) is 1. The molecule has 0 saturated carbocycles. The monoisotopic (exact) mass is 400 g/mol. The number of nitrogens with zero attached hydrogens (tertiary/aromatic N) is 4. The molecule has 1 unspecified atom stereocenters. The molecule has 0 aliphatic rings. The second-order valence-corrected chi connectivity index (χ2v) is 6.47. The van der Waals surface area contributed by atoms with E-state index in [1.54, 1.807) is 24.3 Å². The average Bonchev–Trinajstić information content (AvgIpc) is 3.15. The van der Waals surface area contributed by atoms with E-state index in [-0.39, 0.29) is 23.3 Å². The van der Waals surface area contributed by atoms with Crippen LogP contribution in [-0.2, 0) is 12.7 Å². The SMILES string of the molecule is O=c1c2cnn(-c3cccc(C(F)(F)F)c3)c2ncn1CC(O)c1ccccc1. The Bertz CT molecular complexity index is 1220. The van der Waals surface area contributed by atoms with E-state index in [0.717, 1.165) is 12.1 Å². The minimum Gasteiger partial charge on any atom is -0.387 e. The van der Waals surface area contributed by atoms with Crippen molar-refractivity contribution in [2.75, 3.05) is 0 Å². The summed E-state index contributed by atoms with van der Waals surface area (Å²) in [4.78, 5) is 16.9. The van der Waals surface area contributed by atoms with Gasteiger partial charge in [-0.25, -0.2) is 9.67 Å². The summed E-state index contributed by atoms with van der Waals surface area (Å²) < 4.78 is 41.4. The molecular weight excluding hydrogens is 385 g/mol. The normalized spacial score (nSPS) is 13.0. The smallest absolute Gasteiger partial charge is 0.387 e. The van der Waals surface area contributed by atoms with Crippen molar-refractivity contribution in [1.82, 2.24) is 19.3 Å². The maximum absolute atomic E-state index is 13.0. The van der Waals surface area contributed by atoms with E-state index in [0.29, 0.717) is 5.56 Å². The van der Waals surface area contributed by atoms with Crippen molar-refractivity contribution in [3.8, 4) is 5.69 Å². The van der Waals surface area contributed by atoms with Gasteiger partial charge in [0.25, 0.3) is 5.56 Å². The van der Waals surface area contributed by atoms with Crippen molar-refractivity contribution in [1.29, 1.82) is 0 Å². The summed E-state index contributed by atoms with van der Waals surface area (Å²) in [6.45, 7) is -0.0134. The zero-order valence-corrected chi connectivity index (χ0v) is 14.9. The molecule has 0 bridgehead atoms. The molecule has 29 heavy (non-hydrogen) atoms. The van der Waals surface area contributed by atoms with Gasteiger partial charge in [0.05, 0.1) is 30.1 Å². The first-order chi connectivity index (χ1) is 13.8. The lowest BCUT2D eigenvalue weighted by Crippen LogP contribution is -2.23. The molecule has 0 saturated heterocycles. The minimum absolute atomic E-state index is 0.0134. The molecule has 4 rings (SSSR count). The van der Waals surface area contributed by atoms with Gasteiger partial charge in [0, 0.05) is 0 Å². The number of aromatic nitrogens is 4. The molecule has 148 valence electrons. The first kappa shape index (κ1) is 18.9. The molecule has 1 atom stereocenters. The summed E-state index contributed by atoms with van der Waals surface area (Å²) in [6, 6.07) is 13.5. The number of halogens is 3. The summed E-state index contributed by atoms with van der Waals surface area (Å²) in [7, 11) is 0. The third-order valence-corrected chi connectivity index (χ3v) is 4.53. The molecule has 2 aromatic heterocycles. The lowest BCUT2D eigenvalue weighted by molar-refractivity contribution is -0.137. The zero-order valence-electron chi connectivity index (χ0n) is 14.9. The topological polar surface area (TPSA) is 72.9 Å². The fourth-order valence-electron chi connectivity index (χ4n) is 3.05. The molecule has 0 aliphatic heterocycles. The van der Waals surface area contributed by atoms with Gasteiger partial charge < -0.3 is 5.11 Å². The first-order valence-corrected chi connectivity index (χ1v) is 8.68. The molecule has 1 N–H and O–H groups in total. The predicted molar refractivity (Wildman–Crippen MR) is 99.5 cm³/mol. The highest BCUT2D eigenvalue weighted by Crippen LogP contribution is 2.30. The fourth-order valence-corrected chi connectivity index (χ4v) is 3.05. The lowest BCUT2D eigenvalue weighted by atomic mass is 10.1. The van der Waals surface area contributed by atoms with Crippen LogP contribution in [0.3, 0.4) is 0 Å². The van der Waals surface area contributed by atoms with Gasteiger partial charge in [-0.2, -0.15) is 18.3 Å². The highest BCUT2D eigenvalue weighted by molar-refractivity contribution is 5.75. The predicted octanol–water partition coefficient (Wildman–Crippen LogP) is 3.33. The average molecular weight is 400 g/mol. The molecule has 0 spiro atoms. The van der Waals surface area contributed by atoms with Gasteiger partial charge >= 0.3 is 6.18 Å². The maximum Gasteiger partial charge on any atom is 0.416 e. The van der Waals surface area contributed by atoms with Gasteiger partial charge in [-0.1, -0.05) is 36.4 Å². The van der Waals surface area contributed by atoms with E-state index < -0.39 is 23.4 Å². The molecule has 0 amide bonds. The highest BCUT2D eigenvalue weighted by atomic mass is 19.4. The van der Waals surface area contributed by atoms with Crippen LogP contribution >= 0.6 is 0 Å². The Labute approximate surface area is 162 Å². The molecular formula is C20H15F3N4O2. The number of hydrogen-bond acceptors (Lipinski definition) is 4. The Morgan fingerprint density at radius 3 is 2.55 bits per heavy atom. The molecule has 2 heterocycles. The second kappa shape index (κ2) is 7.17. The van der Waals surface area contributed by atoms with E-state index in [1.165, 1.54) is 33.9 Å². The quantitative estimate of drug-likeness (QED) is 0.570. The van der Waals surface area contributed by atoms with E-state index in [2.05, 4.69) is 10.1 Å². The van der Waals surface area contributed by atoms with E-state index >= 15 is 0 Å². The van der Waals surface area contributed by atoms with Crippen molar-refractivity contribution in [3.63, 3.8) is 0 Å². The molecule has 2 aromatic carbocycles. The molecule has 0 aliphatic carbocycles. The summed E-state index contributed by atoms with van der Waals surface area (Å²) in [5.41, 5.74) is -0.330. The highest BCUT2D eigenvalue weighted by Gasteiger charge is 2.30. The lowest BCUT2D eigenvalue weighted by Gasteiger charge is -2.13. The summed E-state index contributed by atoms with van der Waals surface area (Å²) in [5, 5.41) is 14.5. The van der Waals surface area contributed by atoms with Gasteiger partial charge in [0.15, 0.2) is 5.65 Å². The van der Waals surface area contributed by atoms with Gasteiger partial charge in [-0.15, -0.1) is 0 Å². The first-order valence-electron chi connectivity index (χ1n) is 8.68.